The maximum Gasteiger partial charge on any atom is 0.213 e. The molecule has 178 valence electrons. The third-order valence-electron chi connectivity index (χ3n) is 5.13. The van der Waals surface area contributed by atoms with Gasteiger partial charge in [0.1, 0.15) is 0 Å². The summed E-state index contributed by atoms with van der Waals surface area (Å²) in [6.07, 6.45) is 2.34. The van der Waals surface area contributed by atoms with E-state index in [0.29, 0.717) is 38.1 Å². The van der Waals surface area contributed by atoms with Crippen LogP contribution < -0.4 is 15.4 Å². The second kappa shape index (κ2) is 13.6. The summed E-state index contributed by atoms with van der Waals surface area (Å²) >= 11 is 0. The van der Waals surface area contributed by atoms with Crippen molar-refractivity contribution in [1.82, 2.24) is 15.4 Å². The Morgan fingerprint density at radius 2 is 1.90 bits per heavy atom. The van der Waals surface area contributed by atoms with Crippen molar-refractivity contribution in [3.8, 4) is 0 Å². The van der Waals surface area contributed by atoms with Crippen LogP contribution in [0, 0.1) is 11.3 Å². The van der Waals surface area contributed by atoms with E-state index >= 15 is 0 Å². The minimum Gasteiger partial charge on any atom is -0.377 e. The van der Waals surface area contributed by atoms with Gasteiger partial charge in [0.15, 0.2) is 5.96 Å². The molecule has 0 spiro atoms. The van der Waals surface area contributed by atoms with Crippen LogP contribution in [0.5, 0.6) is 0 Å². The molecule has 0 aromatic heterocycles. The van der Waals surface area contributed by atoms with Crippen molar-refractivity contribution in [3.63, 3.8) is 0 Å². The third-order valence-corrected chi connectivity index (χ3v) is 6.45. The Bertz CT molecular complexity index is 767. The predicted octanol–water partition coefficient (Wildman–Crippen LogP) is 3.12. The lowest BCUT2D eigenvalue weighted by Gasteiger charge is -2.39. The van der Waals surface area contributed by atoms with E-state index in [9.17, 15) is 8.42 Å². The van der Waals surface area contributed by atoms with Gasteiger partial charge in [0.2, 0.25) is 10.0 Å². The third kappa shape index (κ3) is 10.5. The van der Waals surface area contributed by atoms with Crippen LogP contribution in [0.25, 0.3) is 0 Å². The standard InChI is InChI=1S/C22H38N4O3S.HI/c1-5-23-21(25-17-19-12-9-14-29-20(19)22(2,3)4)24-13-15-30(27,28)26-16-18-10-7-6-8-11-18;/h6-8,10-11,19-20,26H,5,9,12-17H2,1-4H3,(H2,23,24,25);1H. The monoisotopic (exact) mass is 566 g/mol. The van der Waals surface area contributed by atoms with Gasteiger partial charge in [-0.2, -0.15) is 0 Å². The van der Waals surface area contributed by atoms with Crippen molar-refractivity contribution in [2.75, 3.05) is 32.0 Å². The van der Waals surface area contributed by atoms with Gasteiger partial charge >= 0.3 is 0 Å². The molecule has 2 atom stereocenters. The predicted molar refractivity (Wildman–Crippen MR) is 138 cm³/mol. The van der Waals surface area contributed by atoms with Crippen LogP contribution in [0.3, 0.4) is 0 Å². The SMILES string of the molecule is CCNC(=NCC1CCCOC1C(C)(C)C)NCCS(=O)(=O)NCc1ccccc1.I. The van der Waals surface area contributed by atoms with Gasteiger partial charge in [-0.15, -0.1) is 24.0 Å². The number of benzene rings is 1. The van der Waals surface area contributed by atoms with E-state index in [0.717, 1.165) is 25.0 Å². The summed E-state index contributed by atoms with van der Waals surface area (Å²) in [5, 5.41) is 6.35. The van der Waals surface area contributed by atoms with Crippen LogP contribution in [-0.4, -0.2) is 52.5 Å². The highest BCUT2D eigenvalue weighted by Crippen LogP contribution is 2.34. The van der Waals surface area contributed by atoms with Crippen LogP contribution in [0.15, 0.2) is 35.3 Å². The molecule has 1 aliphatic heterocycles. The van der Waals surface area contributed by atoms with Gasteiger partial charge in [0, 0.05) is 38.7 Å². The van der Waals surface area contributed by atoms with Crippen molar-refractivity contribution >= 4 is 40.0 Å². The Hall–Kier alpha value is -0.910. The van der Waals surface area contributed by atoms with E-state index in [1.165, 1.54) is 0 Å². The molecular weight excluding hydrogens is 527 g/mol. The van der Waals surface area contributed by atoms with Crippen molar-refractivity contribution in [1.29, 1.82) is 0 Å². The van der Waals surface area contributed by atoms with Gasteiger partial charge in [0.05, 0.1) is 11.9 Å². The zero-order valence-electron chi connectivity index (χ0n) is 19.2. The average molecular weight is 567 g/mol. The molecule has 1 aromatic carbocycles. The molecule has 0 bridgehead atoms. The second-order valence-corrected chi connectivity index (χ2v) is 10.8. The zero-order chi connectivity index (χ0) is 22.0. The fourth-order valence-corrected chi connectivity index (χ4v) is 4.60. The number of sulfonamides is 1. The van der Waals surface area contributed by atoms with Crippen molar-refractivity contribution in [2.24, 2.45) is 16.3 Å². The van der Waals surface area contributed by atoms with Gasteiger partial charge in [-0.1, -0.05) is 51.1 Å². The summed E-state index contributed by atoms with van der Waals surface area (Å²) in [4.78, 5) is 4.71. The minimum atomic E-state index is -3.37. The van der Waals surface area contributed by atoms with Gasteiger partial charge in [-0.3, -0.25) is 4.99 Å². The van der Waals surface area contributed by atoms with Gasteiger partial charge in [-0.25, -0.2) is 13.1 Å². The highest BCUT2D eigenvalue weighted by molar-refractivity contribution is 14.0. The highest BCUT2D eigenvalue weighted by atomic mass is 127. The number of halogens is 1. The molecule has 0 radical (unpaired) electrons. The number of rotatable bonds is 9. The number of ether oxygens (including phenoxy) is 1. The van der Waals surface area contributed by atoms with E-state index < -0.39 is 10.0 Å². The molecular formula is C22H39IN4O3S. The average Bonchev–Trinajstić information content (AvgIpc) is 2.71. The van der Waals surface area contributed by atoms with Crippen LogP contribution in [-0.2, 0) is 21.3 Å². The van der Waals surface area contributed by atoms with Crippen LogP contribution in [0.4, 0.5) is 0 Å². The maximum absolute atomic E-state index is 12.3. The first-order chi connectivity index (χ1) is 14.2. The van der Waals surface area contributed by atoms with E-state index in [2.05, 4.69) is 36.1 Å². The molecule has 1 aliphatic rings. The summed E-state index contributed by atoms with van der Waals surface area (Å²) in [5.74, 6) is 1.00. The lowest BCUT2D eigenvalue weighted by Crippen LogP contribution is -2.43. The molecule has 1 heterocycles. The first-order valence-electron chi connectivity index (χ1n) is 10.9. The van der Waals surface area contributed by atoms with E-state index in [-0.39, 0.29) is 41.2 Å². The summed E-state index contributed by atoms with van der Waals surface area (Å²) < 4.78 is 33.2. The number of guanidine groups is 1. The summed E-state index contributed by atoms with van der Waals surface area (Å²) in [7, 11) is -3.37. The first-order valence-corrected chi connectivity index (χ1v) is 12.5. The van der Waals surface area contributed by atoms with Crippen LogP contribution in [0.2, 0.25) is 0 Å². The molecule has 0 amide bonds. The Balaban J connectivity index is 0.00000480. The number of nitrogens with zero attached hydrogens (tertiary/aromatic N) is 1. The molecule has 0 aliphatic carbocycles. The Labute approximate surface area is 205 Å². The van der Waals surface area contributed by atoms with E-state index in [1.54, 1.807) is 0 Å². The molecule has 0 saturated carbocycles. The van der Waals surface area contributed by atoms with Crippen LogP contribution in [0.1, 0.15) is 46.1 Å². The summed E-state index contributed by atoms with van der Waals surface area (Å²) in [6.45, 7) is 11.4. The Morgan fingerprint density at radius 3 is 2.55 bits per heavy atom. The molecule has 7 nitrogen and oxygen atoms in total. The molecule has 3 N–H and O–H groups in total. The topological polar surface area (TPSA) is 91.8 Å². The first kappa shape index (κ1) is 28.1. The highest BCUT2D eigenvalue weighted by Gasteiger charge is 2.35. The lowest BCUT2D eigenvalue weighted by molar-refractivity contribution is -0.0823. The smallest absolute Gasteiger partial charge is 0.213 e. The van der Waals surface area contributed by atoms with Gasteiger partial charge < -0.3 is 15.4 Å². The lowest BCUT2D eigenvalue weighted by atomic mass is 9.78. The largest absolute Gasteiger partial charge is 0.377 e. The number of hydrogen-bond donors (Lipinski definition) is 3. The normalized spacial score (nSPS) is 20.1. The maximum atomic E-state index is 12.3. The molecule has 1 fully saturated rings. The van der Waals surface area contributed by atoms with E-state index in [4.69, 9.17) is 9.73 Å². The molecule has 31 heavy (non-hydrogen) atoms. The fraction of sp³-hybridized carbons (Fsp3) is 0.682. The van der Waals surface area contributed by atoms with Crippen molar-refractivity contribution < 1.29 is 13.2 Å². The minimum absolute atomic E-state index is 0. The number of aliphatic imine (C=N–C) groups is 1. The van der Waals surface area contributed by atoms with Gasteiger partial charge in [-0.05, 0) is 30.7 Å². The zero-order valence-corrected chi connectivity index (χ0v) is 22.3. The van der Waals surface area contributed by atoms with Crippen LogP contribution >= 0.6 is 24.0 Å². The number of nitrogens with one attached hydrogen (secondary N) is 3. The Kier molecular flexibility index (Phi) is 12.3. The van der Waals surface area contributed by atoms with Crippen molar-refractivity contribution in [2.45, 2.75) is 53.2 Å². The van der Waals surface area contributed by atoms with Crippen molar-refractivity contribution in [3.05, 3.63) is 35.9 Å². The number of hydrogen-bond acceptors (Lipinski definition) is 4. The molecule has 1 saturated heterocycles. The Morgan fingerprint density at radius 1 is 1.19 bits per heavy atom. The molecule has 1 aromatic rings. The summed E-state index contributed by atoms with van der Waals surface area (Å²) in [5.41, 5.74) is 1.01. The fourth-order valence-electron chi connectivity index (χ4n) is 3.70. The van der Waals surface area contributed by atoms with E-state index in [1.807, 2.05) is 37.3 Å². The van der Waals surface area contributed by atoms with Gasteiger partial charge in [0.25, 0.3) is 0 Å². The molecule has 2 rings (SSSR count). The quantitative estimate of drug-likeness (QED) is 0.243. The second-order valence-electron chi connectivity index (χ2n) is 8.83. The molecule has 9 heteroatoms. The molecule has 2 unspecified atom stereocenters. The summed E-state index contributed by atoms with van der Waals surface area (Å²) in [6, 6.07) is 9.50.